The van der Waals surface area contributed by atoms with E-state index < -0.39 is 11.4 Å². The Balaban J connectivity index is 1.63. The van der Waals surface area contributed by atoms with Crippen molar-refractivity contribution in [2.24, 2.45) is 18.4 Å². The third-order valence-electron chi connectivity index (χ3n) is 5.44. The van der Waals surface area contributed by atoms with Crippen LogP contribution in [-0.2, 0) is 11.8 Å². The normalized spacial score (nSPS) is 26.7. The van der Waals surface area contributed by atoms with Crippen LogP contribution in [0.2, 0.25) is 0 Å². The zero-order chi connectivity index (χ0) is 16.2. The third-order valence-corrected chi connectivity index (χ3v) is 5.44. The first-order chi connectivity index (χ1) is 11.0. The highest BCUT2D eigenvalue weighted by Crippen LogP contribution is 2.49. The SMILES string of the molecule is Cn1nnc2cc(C(=O)N3C[C@@H]4CCC[C@@]4(C(=O)O)C3)ccc21. The second-order valence-electron chi connectivity index (χ2n) is 6.65. The molecule has 1 saturated carbocycles. The van der Waals surface area contributed by atoms with Crippen LogP contribution in [0.4, 0.5) is 0 Å². The Hall–Kier alpha value is -2.44. The molecule has 23 heavy (non-hydrogen) atoms. The van der Waals surface area contributed by atoms with E-state index in [-0.39, 0.29) is 11.8 Å². The van der Waals surface area contributed by atoms with Gasteiger partial charge in [0.05, 0.1) is 10.9 Å². The molecule has 0 radical (unpaired) electrons. The van der Waals surface area contributed by atoms with Crippen molar-refractivity contribution < 1.29 is 14.7 Å². The van der Waals surface area contributed by atoms with Gasteiger partial charge in [-0.1, -0.05) is 11.6 Å². The zero-order valence-corrected chi connectivity index (χ0v) is 12.9. The molecule has 2 heterocycles. The second-order valence-corrected chi connectivity index (χ2v) is 6.65. The molecule has 2 aromatic rings. The van der Waals surface area contributed by atoms with Gasteiger partial charge in [-0.3, -0.25) is 9.59 Å². The number of benzene rings is 1. The quantitative estimate of drug-likeness (QED) is 0.902. The predicted octanol–water partition coefficient (Wildman–Crippen LogP) is 1.30. The third kappa shape index (κ3) is 1.95. The van der Waals surface area contributed by atoms with E-state index in [9.17, 15) is 14.7 Å². The first-order valence-electron chi connectivity index (χ1n) is 7.83. The van der Waals surface area contributed by atoms with Gasteiger partial charge in [0.2, 0.25) is 0 Å². The van der Waals surface area contributed by atoms with Gasteiger partial charge >= 0.3 is 5.97 Å². The molecule has 0 spiro atoms. The van der Waals surface area contributed by atoms with Crippen molar-refractivity contribution in [3.05, 3.63) is 23.8 Å². The van der Waals surface area contributed by atoms with Crippen molar-refractivity contribution in [2.75, 3.05) is 13.1 Å². The van der Waals surface area contributed by atoms with Crippen molar-refractivity contribution >= 4 is 22.9 Å². The summed E-state index contributed by atoms with van der Waals surface area (Å²) in [6.45, 7) is 0.841. The number of nitrogens with zero attached hydrogens (tertiary/aromatic N) is 4. The van der Waals surface area contributed by atoms with Gasteiger partial charge in [-0.25, -0.2) is 4.68 Å². The summed E-state index contributed by atoms with van der Waals surface area (Å²) in [5.41, 5.74) is 1.33. The molecule has 1 aromatic carbocycles. The largest absolute Gasteiger partial charge is 0.481 e. The Morgan fingerprint density at radius 2 is 2.22 bits per heavy atom. The van der Waals surface area contributed by atoms with Crippen molar-refractivity contribution in [1.82, 2.24) is 19.9 Å². The van der Waals surface area contributed by atoms with E-state index in [1.54, 1.807) is 28.8 Å². The number of carbonyl (C=O) groups excluding carboxylic acids is 1. The fourth-order valence-electron chi connectivity index (χ4n) is 4.15. The van der Waals surface area contributed by atoms with Crippen LogP contribution >= 0.6 is 0 Å². The molecule has 0 bridgehead atoms. The van der Waals surface area contributed by atoms with Gasteiger partial charge in [-0.2, -0.15) is 0 Å². The molecule has 2 fully saturated rings. The molecule has 1 N–H and O–H groups in total. The molecule has 2 atom stereocenters. The monoisotopic (exact) mass is 314 g/mol. The molecule has 120 valence electrons. The lowest BCUT2D eigenvalue weighted by Gasteiger charge is -2.23. The summed E-state index contributed by atoms with van der Waals surface area (Å²) in [5.74, 6) is -0.809. The predicted molar refractivity (Wildman–Crippen MR) is 81.8 cm³/mol. The van der Waals surface area contributed by atoms with Gasteiger partial charge in [0.1, 0.15) is 5.52 Å². The summed E-state index contributed by atoms with van der Waals surface area (Å²) in [4.78, 5) is 26.2. The number of likely N-dealkylation sites (tertiary alicyclic amines) is 1. The van der Waals surface area contributed by atoms with Gasteiger partial charge in [0.15, 0.2) is 0 Å². The maximum Gasteiger partial charge on any atom is 0.311 e. The lowest BCUT2D eigenvalue weighted by molar-refractivity contribution is -0.149. The highest BCUT2D eigenvalue weighted by Gasteiger charge is 2.55. The Kier molecular flexibility index (Phi) is 2.94. The Labute approximate surface area is 132 Å². The van der Waals surface area contributed by atoms with E-state index in [1.807, 2.05) is 6.07 Å². The Morgan fingerprint density at radius 3 is 2.96 bits per heavy atom. The number of hydrogen-bond donors (Lipinski definition) is 1. The smallest absolute Gasteiger partial charge is 0.311 e. The molecular weight excluding hydrogens is 296 g/mol. The molecule has 1 aromatic heterocycles. The van der Waals surface area contributed by atoms with E-state index in [2.05, 4.69) is 10.3 Å². The summed E-state index contributed by atoms with van der Waals surface area (Å²) in [6.07, 6.45) is 2.49. The number of aryl methyl sites for hydroxylation is 1. The average molecular weight is 314 g/mol. The Bertz CT molecular complexity index is 815. The second kappa shape index (κ2) is 4.78. The van der Waals surface area contributed by atoms with Crippen molar-refractivity contribution in [1.29, 1.82) is 0 Å². The lowest BCUT2D eigenvalue weighted by Crippen LogP contribution is -2.37. The average Bonchev–Trinajstić information content (AvgIpc) is 3.19. The summed E-state index contributed by atoms with van der Waals surface area (Å²) < 4.78 is 1.66. The first-order valence-corrected chi connectivity index (χ1v) is 7.83. The van der Waals surface area contributed by atoms with Crippen LogP contribution < -0.4 is 0 Å². The minimum absolute atomic E-state index is 0.0733. The van der Waals surface area contributed by atoms with Crippen molar-refractivity contribution in [3.63, 3.8) is 0 Å². The van der Waals surface area contributed by atoms with Crippen LogP contribution in [0, 0.1) is 11.3 Å². The molecule has 1 saturated heterocycles. The molecule has 1 aliphatic carbocycles. The van der Waals surface area contributed by atoms with E-state index in [0.29, 0.717) is 30.6 Å². The zero-order valence-electron chi connectivity index (χ0n) is 12.9. The minimum atomic E-state index is -0.764. The molecule has 7 nitrogen and oxygen atoms in total. The van der Waals surface area contributed by atoms with Gasteiger partial charge in [0, 0.05) is 25.7 Å². The summed E-state index contributed by atoms with van der Waals surface area (Å²) >= 11 is 0. The van der Waals surface area contributed by atoms with Gasteiger partial charge in [0.25, 0.3) is 5.91 Å². The molecule has 4 rings (SSSR count). The number of carbonyl (C=O) groups is 2. The number of carboxylic acid groups (broad SMARTS) is 1. The minimum Gasteiger partial charge on any atom is -0.481 e. The fourth-order valence-corrected chi connectivity index (χ4v) is 4.15. The maximum absolute atomic E-state index is 12.8. The molecule has 0 unspecified atom stereocenters. The number of rotatable bonds is 2. The van der Waals surface area contributed by atoms with Crippen LogP contribution in [0.1, 0.15) is 29.6 Å². The van der Waals surface area contributed by atoms with Crippen LogP contribution in [-0.4, -0.2) is 50.0 Å². The summed E-state index contributed by atoms with van der Waals surface area (Å²) in [6, 6.07) is 5.31. The van der Waals surface area contributed by atoms with Gasteiger partial charge in [-0.05, 0) is 37.0 Å². The number of hydrogen-bond acceptors (Lipinski definition) is 4. The lowest BCUT2D eigenvalue weighted by atomic mass is 9.81. The molecule has 7 heteroatoms. The molecular formula is C16H18N4O3. The van der Waals surface area contributed by atoms with Crippen molar-refractivity contribution in [3.8, 4) is 0 Å². The Morgan fingerprint density at radius 1 is 1.39 bits per heavy atom. The van der Waals surface area contributed by atoms with E-state index in [4.69, 9.17) is 0 Å². The molecule has 1 amide bonds. The van der Waals surface area contributed by atoms with Crippen LogP contribution in [0.15, 0.2) is 18.2 Å². The summed E-state index contributed by atoms with van der Waals surface area (Å²) in [7, 11) is 1.80. The number of aromatic nitrogens is 3. The number of carboxylic acids is 1. The number of aliphatic carboxylic acids is 1. The molecule has 1 aliphatic heterocycles. The first kappa shape index (κ1) is 14.2. The number of amides is 1. The van der Waals surface area contributed by atoms with Crippen LogP contribution in [0.25, 0.3) is 11.0 Å². The van der Waals surface area contributed by atoms with E-state index in [0.717, 1.165) is 18.4 Å². The topological polar surface area (TPSA) is 88.3 Å². The van der Waals surface area contributed by atoms with Crippen LogP contribution in [0.5, 0.6) is 0 Å². The number of fused-ring (bicyclic) bond motifs is 2. The van der Waals surface area contributed by atoms with E-state index >= 15 is 0 Å². The standard InChI is InChI=1S/C16H18N4O3/c1-19-13-5-4-10(7-12(13)17-18-19)14(21)20-8-11-3-2-6-16(11,9-20)15(22)23/h4-5,7,11H,2-3,6,8-9H2,1H3,(H,22,23)/t11-,16+/m0/s1. The highest BCUT2D eigenvalue weighted by molar-refractivity contribution is 5.98. The van der Waals surface area contributed by atoms with Crippen molar-refractivity contribution in [2.45, 2.75) is 19.3 Å². The maximum atomic E-state index is 12.8. The fraction of sp³-hybridized carbons (Fsp3) is 0.500. The van der Waals surface area contributed by atoms with Gasteiger partial charge in [-0.15, -0.1) is 5.10 Å². The highest BCUT2D eigenvalue weighted by atomic mass is 16.4. The van der Waals surface area contributed by atoms with Gasteiger partial charge < -0.3 is 10.0 Å². The molecule has 2 aliphatic rings. The van der Waals surface area contributed by atoms with E-state index in [1.165, 1.54) is 0 Å². The van der Waals surface area contributed by atoms with Crippen LogP contribution in [0.3, 0.4) is 0 Å². The summed E-state index contributed by atoms with van der Waals surface area (Å²) in [5, 5.41) is 17.6.